The number of hydrogen-bond acceptors (Lipinski definition) is 8. The average molecular weight is 392 g/mol. The van der Waals surface area contributed by atoms with Crippen molar-refractivity contribution in [2.24, 2.45) is 0 Å². The van der Waals surface area contributed by atoms with Crippen molar-refractivity contribution in [1.29, 1.82) is 0 Å². The summed E-state index contributed by atoms with van der Waals surface area (Å²) in [6.45, 7) is 4.43. The molecule has 1 aromatic carbocycles. The van der Waals surface area contributed by atoms with Gasteiger partial charge in [0.25, 0.3) is 11.6 Å². The number of fused-ring (bicyclic) bond motifs is 1. The second-order valence-corrected chi connectivity index (χ2v) is 7.03. The molecule has 1 atom stereocenters. The molecule has 1 aliphatic rings. The average Bonchev–Trinajstić information content (AvgIpc) is 3.30. The van der Waals surface area contributed by atoms with Gasteiger partial charge in [-0.15, -0.1) is 10.2 Å². The first-order valence-electron chi connectivity index (χ1n) is 9.70. The van der Waals surface area contributed by atoms with Crippen LogP contribution in [0.2, 0.25) is 0 Å². The van der Waals surface area contributed by atoms with E-state index in [1.54, 1.807) is 6.20 Å². The lowest BCUT2D eigenvalue weighted by atomic mass is 10.1. The van der Waals surface area contributed by atoms with Gasteiger partial charge in [-0.1, -0.05) is 5.16 Å². The molecule has 0 N–H and O–H groups in total. The maximum Gasteiger partial charge on any atom is 0.257 e. The van der Waals surface area contributed by atoms with Gasteiger partial charge in [-0.3, -0.25) is 0 Å². The molecule has 8 nitrogen and oxygen atoms in total. The summed E-state index contributed by atoms with van der Waals surface area (Å²) in [7, 11) is 0. The zero-order chi connectivity index (χ0) is 19.8. The van der Waals surface area contributed by atoms with Gasteiger partial charge in [0, 0.05) is 12.1 Å². The van der Waals surface area contributed by atoms with Crippen LogP contribution in [0.15, 0.2) is 45.5 Å². The maximum absolute atomic E-state index is 5.91. The van der Waals surface area contributed by atoms with E-state index in [0.717, 1.165) is 35.2 Å². The third-order valence-corrected chi connectivity index (χ3v) is 4.80. The molecule has 3 aromatic heterocycles. The molecule has 0 unspecified atom stereocenters. The number of aromatic nitrogens is 4. The van der Waals surface area contributed by atoms with E-state index in [1.807, 2.05) is 44.2 Å². The molecule has 3 heterocycles. The lowest BCUT2D eigenvalue weighted by Crippen LogP contribution is -2.03. The summed E-state index contributed by atoms with van der Waals surface area (Å²) >= 11 is 0. The first-order valence-corrected chi connectivity index (χ1v) is 9.70. The Morgan fingerprint density at radius 2 is 1.93 bits per heavy atom. The van der Waals surface area contributed by atoms with E-state index in [2.05, 4.69) is 20.3 Å². The van der Waals surface area contributed by atoms with Crippen LogP contribution >= 0.6 is 0 Å². The fourth-order valence-corrected chi connectivity index (χ4v) is 3.17. The zero-order valence-electron chi connectivity index (χ0n) is 16.2. The number of nitrogens with zero attached hydrogens (tertiary/aromatic N) is 4. The van der Waals surface area contributed by atoms with E-state index in [0.29, 0.717) is 35.8 Å². The molecule has 4 aromatic rings. The highest BCUT2D eigenvalue weighted by molar-refractivity contribution is 5.81. The second kappa shape index (κ2) is 7.20. The third-order valence-electron chi connectivity index (χ3n) is 4.80. The standard InChI is InChI=1S/C21H20N4O4/c1-3-26-15-6-8-16(9-7-15)27-12(2)19-23-24-20(28-19)14-10-17-18(13-4-5-13)25-29-21(17)22-11-14/h6-13H,3-5H2,1-2H3/t12-/m0/s1. The molecule has 148 valence electrons. The maximum atomic E-state index is 5.91. The van der Waals surface area contributed by atoms with Crippen molar-refractivity contribution in [3.8, 4) is 23.0 Å². The highest BCUT2D eigenvalue weighted by atomic mass is 16.5. The van der Waals surface area contributed by atoms with Gasteiger partial charge in [-0.2, -0.15) is 0 Å². The quantitative estimate of drug-likeness (QED) is 0.447. The highest BCUT2D eigenvalue weighted by Crippen LogP contribution is 2.42. The normalized spacial score (nSPS) is 14.8. The lowest BCUT2D eigenvalue weighted by Gasteiger charge is -2.11. The SMILES string of the molecule is CCOc1ccc(O[C@@H](C)c2nnc(-c3cnc4onc(C5CC5)c4c3)o2)cc1. The van der Waals surface area contributed by atoms with Gasteiger partial charge in [0.15, 0.2) is 6.10 Å². The molecular weight excluding hydrogens is 372 g/mol. The summed E-state index contributed by atoms with van der Waals surface area (Å²) < 4.78 is 22.5. The van der Waals surface area contributed by atoms with Gasteiger partial charge < -0.3 is 18.4 Å². The molecule has 1 aliphatic carbocycles. The van der Waals surface area contributed by atoms with Crippen LogP contribution in [0.5, 0.6) is 11.5 Å². The Bertz CT molecular complexity index is 1130. The van der Waals surface area contributed by atoms with E-state index in [1.165, 1.54) is 0 Å². The van der Waals surface area contributed by atoms with Crippen molar-refractivity contribution >= 4 is 11.1 Å². The molecule has 29 heavy (non-hydrogen) atoms. The minimum atomic E-state index is -0.400. The van der Waals surface area contributed by atoms with Crippen molar-refractivity contribution in [1.82, 2.24) is 20.3 Å². The molecule has 5 rings (SSSR count). The summed E-state index contributed by atoms with van der Waals surface area (Å²) in [5.41, 5.74) is 2.22. The number of rotatable bonds is 7. The molecule has 0 saturated heterocycles. The van der Waals surface area contributed by atoms with Gasteiger partial charge in [0.05, 0.1) is 23.3 Å². The molecule has 0 spiro atoms. The van der Waals surface area contributed by atoms with Gasteiger partial charge in [0.1, 0.15) is 11.5 Å². The Morgan fingerprint density at radius 1 is 1.14 bits per heavy atom. The summed E-state index contributed by atoms with van der Waals surface area (Å²) in [6, 6.07) is 9.37. The predicted molar refractivity (Wildman–Crippen MR) is 104 cm³/mol. The van der Waals surface area contributed by atoms with Crippen LogP contribution in [-0.2, 0) is 0 Å². The van der Waals surface area contributed by atoms with Crippen LogP contribution in [0, 0.1) is 0 Å². The van der Waals surface area contributed by atoms with Gasteiger partial charge in [-0.05, 0) is 57.0 Å². The van der Waals surface area contributed by atoms with Crippen LogP contribution in [0.25, 0.3) is 22.6 Å². The molecule has 8 heteroatoms. The Balaban J connectivity index is 1.34. The minimum Gasteiger partial charge on any atom is -0.494 e. The Labute approximate surface area is 166 Å². The number of pyridine rings is 1. The van der Waals surface area contributed by atoms with Gasteiger partial charge >= 0.3 is 0 Å². The number of ether oxygens (including phenoxy) is 2. The van der Waals surface area contributed by atoms with E-state index in [4.69, 9.17) is 18.4 Å². The Kier molecular flexibility index (Phi) is 4.38. The molecule has 0 radical (unpaired) electrons. The summed E-state index contributed by atoms with van der Waals surface area (Å²) in [5.74, 6) is 2.74. The van der Waals surface area contributed by atoms with Crippen LogP contribution < -0.4 is 9.47 Å². The molecule has 0 amide bonds. The van der Waals surface area contributed by atoms with Crippen LogP contribution in [0.4, 0.5) is 0 Å². The first-order chi connectivity index (χ1) is 14.2. The van der Waals surface area contributed by atoms with Crippen molar-refractivity contribution in [3.63, 3.8) is 0 Å². The molecule has 1 saturated carbocycles. The molecule has 0 aliphatic heterocycles. The smallest absolute Gasteiger partial charge is 0.257 e. The largest absolute Gasteiger partial charge is 0.494 e. The Morgan fingerprint density at radius 3 is 2.69 bits per heavy atom. The number of hydrogen-bond donors (Lipinski definition) is 0. The highest BCUT2D eigenvalue weighted by Gasteiger charge is 2.29. The van der Waals surface area contributed by atoms with E-state index < -0.39 is 6.10 Å². The van der Waals surface area contributed by atoms with Crippen molar-refractivity contribution in [2.45, 2.75) is 38.7 Å². The van der Waals surface area contributed by atoms with Crippen LogP contribution in [0.1, 0.15) is 50.3 Å². The van der Waals surface area contributed by atoms with E-state index in [-0.39, 0.29) is 0 Å². The van der Waals surface area contributed by atoms with Crippen molar-refractivity contribution in [3.05, 3.63) is 48.1 Å². The van der Waals surface area contributed by atoms with Gasteiger partial charge in [-0.25, -0.2) is 4.98 Å². The molecule has 1 fully saturated rings. The summed E-state index contributed by atoms with van der Waals surface area (Å²) in [5, 5.41) is 13.4. The Hall–Kier alpha value is -3.42. The van der Waals surface area contributed by atoms with Crippen molar-refractivity contribution < 1.29 is 18.4 Å². The van der Waals surface area contributed by atoms with Crippen molar-refractivity contribution in [2.75, 3.05) is 6.61 Å². The molecular formula is C21H20N4O4. The van der Waals surface area contributed by atoms with Crippen LogP contribution in [-0.4, -0.2) is 26.9 Å². The number of benzene rings is 1. The first kappa shape index (κ1) is 17.7. The summed E-state index contributed by atoms with van der Waals surface area (Å²) in [6.07, 6.45) is 3.52. The minimum absolute atomic E-state index is 0.388. The monoisotopic (exact) mass is 392 g/mol. The zero-order valence-corrected chi connectivity index (χ0v) is 16.2. The predicted octanol–water partition coefficient (Wildman–Crippen LogP) is 4.69. The molecule has 0 bridgehead atoms. The fraction of sp³-hybridized carbons (Fsp3) is 0.333. The second-order valence-electron chi connectivity index (χ2n) is 7.03. The van der Waals surface area contributed by atoms with E-state index >= 15 is 0 Å². The lowest BCUT2D eigenvalue weighted by molar-refractivity contribution is 0.189. The summed E-state index contributed by atoms with van der Waals surface area (Å²) in [4.78, 5) is 4.33. The van der Waals surface area contributed by atoms with Gasteiger partial charge in [0.2, 0.25) is 5.89 Å². The van der Waals surface area contributed by atoms with Crippen LogP contribution in [0.3, 0.4) is 0 Å². The topological polar surface area (TPSA) is 96.3 Å². The fourth-order valence-electron chi connectivity index (χ4n) is 3.17. The van der Waals surface area contributed by atoms with E-state index in [9.17, 15) is 0 Å². The third kappa shape index (κ3) is 3.53.